The first-order valence-electron chi connectivity index (χ1n) is 9.35. The fraction of sp³-hybridized carbons (Fsp3) is 0.217. The number of aryl methyl sites for hydroxylation is 1. The van der Waals surface area contributed by atoms with E-state index in [1.165, 1.54) is 0 Å². The summed E-state index contributed by atoms with van der Waals surface area (Å²) in [4.78, 5) is 12.5. The van der Waals surface area contributed by atoms with Crippen LogP contribution in [-0.4, -0.2) is 29.4 Å². The topological polar surface area (TPSA) is 65.4 Å². The molecule has 0 aliphatic rings. The molecule has 0 aliphatic carbocycles. The average molecular weight is 391 g/mol. The highest BCUT2D eigenvalue weighted by molar-refractivity contribution is 5.93. The number of nitrogens with zero attached hydrogens (tertiary/aromatic N) is 2. The number of nitrogens with one attached hydrogen (secondary N) is 1. The monoisotopic (exact) mass is 391 g/mol. The number of carbonyl (C=O) groups is 1. The molecule has 0 fully saturated rings. The first-order valence-corrected chi connectivity index (χ1v) is 9.35. The quantitative estimate of drug-likeness (QED) is 0.583. The molecule has 1 amide bonds. The van der Waals surface area contributed by atoms with Crippen LogP contribution in [0.1, 0.15) is 17.0 Å². The van der Waals surface area contributed by atoms with E-state index in [1.54, 1.807) is 13.2 Å². The van der Waals surface area contributed by atoms with Crippen molar-refractivity contribution in [2.75, 3.05) is 19.0 Å². The second kappa shape index (κ2) is 9.10. The molecule has 0 unspecified atom stereocenters. The Balaban J connectivity index is 1.69. The van der Waals surface area contributed by atoms with Crippen LogP contribution in [0.25, 0.3) is 5.69 Å². The van der Waals surface area contributed by atoms with Gasteiger partial charge >= 0.3 is 0 Å². The van der Waals surface area contributed by atoms with Crippen molar-refractivity contribution in [3.63, 3.8) is 0 Å². The first-order chi connectivity index (χ1) is 14.0. The molecule has 6 nitrogen and oxygen atoms in total. The zero-order valence-electron chi connectivity index (χ0n) is 16.9. The molecule has 1 N–H and O–H groups in total. The summed E-state index contributed by atoms with van der Waals surface area (Å²) in [6, 6.07) is 15.4. The van der Waals surface area contributed by atoms with E-state index in [0.717, 1.165) is 29.1 Å². The van der Waals surface area contributed by atoms with Gasteiger partial charge in [0.05, 0.1) is 29.9 Å². The molecule has 1 aromatic heterocycles. The van der Waals surface area contributed by atoms with Crippen molar-refractivity contribution < 1.29 is 14.3 Å². The molecule has 1 heterocycles. The van der Waals surface area contributed by atoms with Gasteiger partial charge in [0, 0.05) is 0 Å². The molecular weight excluding hydrogens is 366 g/mol. The molecule has 0 atom stereocenters. The van der Waals surface area contributed by atoms with E-state index in [0.29, 0.717) is 17.2 Å². The lowest BCUT2D eigenvalue weighted by Crippen LogP contribution is -2.21. The van der Waals surface area contributed by atoms with Crippen molar-refractivity contribution in [2.24, 2.45) is 0 Å². The normalized spacial score (nSPS) is 10.4. The van der Waals surface area contributed by atoms with Crippen molar-refractivity contribution in [3.8, 4) is 17.2 Å². The number of ether oxygens (including phenoxy) is 2. The van der Waals surface area contributed by atoms with Crippen LogP contribution >= 0.6 is 0 Å². The number of rotatable bonds is 8. The van der Waals surface area contributed by atoms with Gasteiger partial charge in [0.15, 0.2) is 18.1 Å². The highest BCUT2D eigenvalue weighted by Gasteiger charge is 2.16. The highest BCUT2D eigenvalue weighted by atomic mass is 16.5. The zero-order chi connectivity index (χ0) is 20.8. The number of benzene rings is 2. The fourth-order valence-electron chi connectivity index (χ4n) is 3.09. The minimum Gasteiger partial charge on any atom is -0.493 e. The minimum atomic E-state index is -0.263. The number of methoxy groups -OCH3 is 1. The maximum Gasteiger partial charge on any atom is 0.262 e. The lowest BCUT2D eigenvalue weighted by molar-refractivity contribution is -0.118. The van der Waals surface area contributed by atoms with Crippen LogP contribution in [0.2, 0.25) is 0 Å². The van der Waals surface area contributed by atoms with Gasteiger partial charge in [-0.15, -0.1) is 6.58 Å². The number of allylic oxidation sites excluding steroid dienone is 1. The molecule has 29 heavy (non-hydrogen) atoms. The predicted octanol–water partition coefficient (Wildman–Crippen LogP) is 4.24. The van der Waals surface area contributed by atoms with Gasteiger partial charge in [-0.05, 0) is 50.1 Å². The molecule has 0 bridgehead atoms. The molecule has 0 aliphatic heterocycles. The fourth-order valence-corrected chi connectivity index (χ4v) is 3.09. The predicted molar refractivity (Wildman–Crippen MR) is 114 cm³/mol. The number of hydrogen-bond donors (Lipinski definition) is 1. The van der Waals surface area contributed by atoms with Crippen molar-refractivity contribution in [1.29, 1.82) is 0 Å². The van der Waals surface area contributed by atoms with Gasteiger partial charge in [-0.2, -0.15) is 5.10 Å². The second-order valence-electron chi connectivity index (χ2n) is 6.61. The summed E-state index contributed by atoms with van der Waals surface area (Å²) in [7, 11) is 1.57. The summed E-state index contributed by atoms with van der Waals surface area (Å²) < 4.78 is 12.9. The van der Waals surface area contributed by atoms with E-state index in [1.807, 2.05) is 67.1 Å². The molecule has 150 valence electrons. The Labute approximate surface area is 170 Å². The Bertz CT molecular complexity index is 1010. The standard InChI is InChI=1S/C23H25N3O3/c1-5-9-18-12-13-20(21(14-18)28-4)29-15-22(27)24-23-16(2)25-26(17(23)3)19-10-7-6-8-11-19/h5-8,10-14H,1,9,15H2,2-4H3,(H,24,27). The lowest BCUT2D eigenvalue weighted by Gasteiger charge is -2.12. The lowest BCUT2D eigenvalue weighted by atomic mass is 10.1. The Hall–Kier alpha value is -3.54. The average Bonchev–Trinajstić information content (AvgIpc) is 3.01. The van der Waals surface area contributed by atoms with Gasteiger partial charge in [-0.25, -0.2) is 4.68 Å². The van der Waals surface area contributed by atoms with Crippen molar-refractivity contribution in [2.45, 2.75) is 20.3 Å². The molecule has 0 spiro atoms. The largest absolute Gasteiger partial charge is 0.493 e. The van der Waals surface area contributed by atoms with Crippen LogP contribution in [0.3, 0.4) is 0 Å². The zero-order valence-corrected chi connectivity index (χ0v) is 16.9. The third kappa shape index (κ3) is 4.66. The van der Waals surface area contributed by atoms with Crippen LogP contribution in [0.5, 0.6) is 11.5 Å². The Morgan fingerprint density at radius 2 is 1.93 bits per heavy atom. The molecule has 0 saturated heterocycles. The van der Waals surface area contributed by atoms with Crippen LogP contribution in [0.15, 0.2) is 61.2 Å². The van der Waals surface area contributed by atoms with Crippen molar-refractivity contribution >= 4 is 11.6 Å². The van der Waals surface area contributed by atoms with E-state index in [-0.39, 0.29) is 12.5 Å². The second-order valence-corrected chi connectivity index (χ2v) is 6.61. The number of amides is 1. The maximum absolute atomic E-state index is 12.5. The molecule has 3 aromatic rings. The van der Waals surface area contributed by atoms with Crippen LogP contribution in [0.4, 0.5) is 5.69 Å². The van der Waals surface area contributed by atoms with E-state index in [9.17, 15) is 4.79 Å². The summed E-state index contributed by atoms with van der Waals surface area (Å²) in [6.45, 7) is 7.39. The summed E-state index contributed by atoms with van der Waals surface area (Å²) in [6.07, 6.45) is 2.56. The van der Waals surface area contributed by atoms with Gasteiger partial charge in [0.25, 0.3) is 5.91 Å². The van der Waals surface area contributed by atoms with Gasteiger partial charge in [0.1, 0.15) is 0 Å². The summed E-state index contributed by atoms with van der Waals surface area (Å²) in [5, 5.41) is 7.45. The van der Waals surface area contributed by atoms with E-state index in [4.69, 9.17) is 9.47 Å². The van der Waals surface area contributed by atoms with E-state index in [2.05, 4.69) is 17.0 Å². The molecule has 0 radical (unpaired) electrons. The maximum atomic E-state index is 12.5. The van der Waals surface area contributed by atoms with Gasteiger partial charge in [0.2, 0.25) is 0 Å². The van der Waals surface area contributed by atoms with Gasteiger partial charge < -0.3 is 14.8 Å². The first kappa shape index (κ1) is 20.2. The van der Waals surface area contributed by atoms with Gasteiger partial charge in [-0.3, -0.25) is 4.79 Å². The molecular formula is C23H25N3O3. The molecule has 0 saturated carbocycles. The number of hydrogen-bond acceptors (Lipinski definition) is 4. The Morgan fingerprint density at radius 1 is 1.17 bits per heavy atom. The summed E-state index contributed by atoms with van der Waals surface area (Å²) >= 11 is 0. The third-order valence-corrected chi connectivity index (χ3v) is 4.52. The Morgan fingerprint density at radius 3 is 2.62 bits per heavy atom. The van der Waals surface area contributed by atoms with Crippen molar-refractivity contribution in [3.05, 3.63) is 78.1 Å². The van der Waals surface area contributed by atoms with Crippen LogP contribution in [-0.2, 0) is 11.2 Å². The third-order valence-electron chi connectivity index (χ3n) is 4.52. The number of anilines is 1. The minimum absolute atomic E-state index is 0.132. The van der Waals surface area contributed by atoms with Crippen molar-refractivity contribution in [1.82, 2.24) is 9.78 Å². The Kier molecular flexibility index (Phi) is 6.34. The number of carbonyl (C=O) groups excluding carboxylic acids is 1. The van der Waals surface area contributed by atoms with E-state index < -0.39 is 0 Å². The molecule has 6 heteroatoms. The van der Waals surface area contributed by atoms with Crippen LogP contribution in [0, 0.1) is 13.8 Å². The highest BCUT2D eigenvalue weighted by Crippen LogP contribution is 2.28. The summed E-state index contributed by atoms with van der Waals surface area (Å²) in [5.41, 5.74) is 4.29. The SMILES string of the molecule is C=CCc1ccc(OCC(=O)Nc2c(C)nn(-c3ccccc3)c2C)c(OC)c1. The van der Waals surface area contributed by atoms with E-state index >= 15 is 0 Å². The molecule has 3 rings (SSSR count). The number of aromatic nitrogens is 2. The van der Waals surface area contributed by atoms with Crippen LogP contribution < -0.4 is 14.8 Å². The smallest absolute Gasteiger partial charge is 0.262 e. The molecule has 2 aromatic carbocycles. The summed E-state index contributed by atoms with van der Waals surface area (Å²) in [5.74, 6) is 0.839. The number of para-hydroxylation sites is 1. The van der Waals surface area contributed by atoms with Gasteiger partial charge in [-0.1, -0.05) is 30.3 Å².